The molecule has 1 amide bonds. The molecule has 0 spiro atoms. The monoisotopic (exact) mass is 200 g/mol. The second-order valence-corrected chi connectivity index (χ2v) is 3.79. The molecule has 2 N–H and O–H groups in total. The first-order valence-electron chi connectivity index (χ1n) is 4.72. The number of hydrogen-bond acceptors (Lipinski definition) is 3. The van der Waals surface area contributed by atoms with Crippen LogP contribution in [-0.2, 0) is 9.59 Å². The van der Waals surface area contributed by atoms with Gasteiger partial charge in [0, 0.05) is 32.1 Å². The Morgan fingerprint density at radius 1 is 1.50 bits per heavy atom. The third-order valence-electron chi connectivity index (χ3n) is 2.32. The van der Waals surface area contributed by atoms with Crippen LogP contribution in [-0.4, -0.2) is 47.1 Å². The van der Waals surface area contributed by atoms with Crippen molar-refractivity contribution in [3.8, 4) is 0 Å². The summed E-state index contributed by atoms with van der Waals surface area (Å²) in [6.45, 7) is 4.61. The van der Waals surface area contributed by atoms with Crippen LogP contribution in [0.2, 0.25) is 0 Å². The van der Waals surface area contributed by atoms with Crippen molar-refractivity contribution in [3.63, 3.8) is 0 Å². The lowest BCUT2D eigenvalue weighted by molar-refractivity contribution is -0.139. The number of piperazine rings is 1. The van der Waals surface area contributed by atoms with Gasteiger partial charge in [0.25, 0.3) is 0 Å². The van der Waals surface area contributed by atoms with E-state index in [1.165, 1.54) is 6.92 Å². The van der Waals surface area contributed by atoms with Crippen LogP contribution in [0.15, 0.2) is 0 Å². The number of carbonyl (C=O) groups is 2. The summed E-state index contributed by atoms with van der Waals surface area (Å²) in [5.41, 5.74) is 0. The maximum Gasteiger partial charge on any atom is 0.304 e. The van der Waals surface area contributed by atoms with Gasteiger partial charge in [0.2, 0.25) is 5.91 Å². The molecule has 5 nitrogen and oxygen atoms in total. The number of rotatable bonds is 2. The van der Waals surface area contributed by atoms with E-state index in [-0.39, 0.29) is 24.4 Å². The summed E-state index contributed by atoms with van der Waals surface area (Å²) in [6, 6.07) is 0.0390. The van der Waals surface area contributed by atoms with E-state index in [9.17, 15) is 9.59 Å². The smallest absolute Gasteiger partial charge is 0.304 e. The zero-order valence-corrected chi connectivity index (χ0v) is 8.49. The number of carboxylic acid groups (broad SMARTS) is 1. The van der Waals surface area contributed by atoms with Crippen molar-refractivity contribution in [2.45, 2.75) is 32.4 Å². The fourth-order valence-electron chi connectivity index (χ4n) is 1.77. The molecule has 2 atom stereocenters. The summed E-state index contributed by atoms with van der Waals surface area (Å²) >= 11 is 0. The standard InChI is InChI=1S/C9H16N2O3/c1-6-4-11(7(2)12)5-8(10-6)3-9(13)14/h6,8,10H,3-5H2,1-2H3,(H,13,14)/t6-,8-/m1/s1. The molecular weight excluding hydrogens is 184 g/mol. The number of nitrogens with one attached hydrogen (secondary N) is 1. The van der Waals surface area contributed by atoms with Crippen LogP contribution in [0.5, 0.6) is 0 Å². The summed E-state index contributed by atoms with van der Waals surface area (Å²) in [7, 11) is 0. The maximum absolute atomic E-state index is 11.1. The Balaban J connectivity index is 2.53. The zero-order valence-electron chi connectivity index (χ0n) is 8.49. The number of nitrogens with zero attached hydrogens (tertiary/aromatic N) is 1. The van der Waals surface area contributed by atoms with E-state index < -0.39 is 5.97 Å². The van der Waals surface area contributed by atoms with Gasteiger partial charge >= 0.3 is 5.97 Å². The fourth-order valence-corrected chi connectivity index (χ4v) is 1.77. The molecule has 5 heteroatoms. The Hall–Kier alpha value is -1.10. The second kappa shape index (κ2) is 4.41. The highest BCUT2D eigenvalue weighted by Gasteiger charge is 2.26. The fraction of sp³-hybridized carbons (Fsp3) is 0.778. The molecule has 1 aliphatic heterocycles. The highest BCUT2D eigenvalue weighted by Crippen LogP contribution is 2.07. The summed E-state index contributed by atoms with van der Waals surface area (Å²) in [5.74, 6) is -0.825. The molecule has 0 aromatic heterocycles. The lowest BCUT2D eigenvalue weighted by atomic mass is 10.1. The van der Waals surface area contributed by atoms with Crippen molar-refractivity contribution in [1.82, 2.24) is 10.2 Å². The van der Waals surface area contributed by atoms with E-state index in [1.807, 2.05) is 6.92 Å². The molecule has 1 heterocycles. The molecule has 1 aliphatic rings. The van der Waals surface area contributed by atoms with Crippen LogP contribution >= 0.6 is 0 Å². The van der Waals surface area contributed by atoms with Crippen LogP contribution in [0.1, 0.15) is 20.3 Å². The molecule has 0 bridgehead atoms. The molecule has 1 saturated heterocycles. The van der Waals surface area contributed by atoms with Gasteiger partial charge in [0.1, 0.15) is 0 Å². The first kappa shape index (κ1) is 11.0. The number of amides is 1. The normalized spacial score (nSPS) is 27.4. The largest absolute Gasteiger partial charge is 0.481 e. The van der Waals surface area contributed by atoms with E-state index in [4.69, 9.17) is 5.11 Å². The van der Waals surface area contributed by atoms with E-state index in [0.717, 1.165) is 0 Å². The minimum atomic E-state index is -0.833. The van der Waals surface area contributed by atoms with Gasteiger partial charge in [-0.1, -0.05) is 0 Å². The number of hydrogen-bond donors (Lipinski definition) is 2. The number of carboxylic acids is 1. The first-order valence-corrected chi connectivity index (χ1v) is 4.72. The molecule has 0 aliphatic carbocycles. The third kappa shape index (κ3) is 2.99. The predicted molar refractivity (Wildman–Crippen MR) is 50.9 cm³/mol. The zero-order chi connectivity index (χ0) is 10.7. The molecule has 80 valence electrons. The molecule has 1 fully saturated rings. The van der Waals surface area contributed by atoms with Crippen LogP contribution in [0.25, 0.3) is 0 Å². The van der Waals surface area contributed by atoms with E-state index in [2.05, 4.69) is 5.32 Å². The van der Waals surface area contributed by atoms with E-state index >= 15 is 0 Å². The van der Waals surface area contributed by atoms with Crippen molar-refractivity contribution in [2.24, 2.45) is 0 Å². The summed E-state index contributed by atoms with van der Waals surface area (Å²) in [5, 5.41) is 11.8. The van der Waals surface area contributed by atoms with Gasteiger partial charge in [0.05, 0.1) is 6.42 Å². The Morgan fingerprint density at radius 2 is 2.14 bits per heavy atom. The lowest BCUT2D eigenvalue weighted by Gasteiger charge is -2.36. The van der Waals surface area contributed by atoms with Gasteiger partial charge in [0.15, 0.2) is 0 Å². The van der Waals surface area contributed by atoms with E-state index in [1.54, 1.807) is 4.90 Å². The SMILES string of the molecule is CC(=O)N1C[C@@H](CC(=O)O)N[C@H](C)C1. The average Bonchev–Trinajstić information content (AvgIpc) is 2.01. The van der Waals surface area contributed by atoms with E-state index in [0.29, 0.717) is 13.1 Å². The van der Waals surface area contributed by atoms with Crippen molar-refractivity contribution in [2.75, 3.05) is 13.1 Å². The van der Waals surface area contributed by atoms with Crippen LogP contribution in [0.4, 0.5) is 0 Å². The molecule has 0 unspecified atom stereocenters. The Labute approximate surface area is 83.1 Å². The van der Waals surface area contributed by atoms with Gasteiger partial charge < -0.3 is 15.3 Å². The van der Waals surface area contributed by atoms with Crippen molar-refractivity contribution in [3.05, 3.63) is 0 Å². The van der Waals surface area contributed by atoms with Gasteiger partial charge in [-0.2, -0.15) is 0 Å². The molecule has 0 radical (unpaired) electrons. The Bertz CT molecular complexity index is 242. The van der Waals surface area contributed by atoms with Gasteiger partial charge in [-0.3, -0.25) is 9.59 Å². The molecule has 0 saturated carbocycles. The van der Waals surface area contributed by atoms with Gasteiger partial charge in [-0.15, -0.1) is 0 Å². The quantitative estimate of drug-likeness (QED) is 0.640. The minimum absolute atomic E-state index is 0.00809. The number of aliphatic carboxylic acids is 1. The molecular formula is C9H16N2O3. The molecule has 0 aromatic carbocycles. The first-order chi connectivity index (χ1) is 6.49. The molecule has 14 heavy (non-hydrogen) atoms. The lowest BCUT2D eigenvalue weighted by Crippen LogP contribution is -2.57. The summed E-state index contributed by atoms with van der Waals surface area (Å²) < 4.78 is 0. The van der Waals surface area contributed by atoms with Gasteiger partial charge in [-0.05, 0) is 6.92 Å². The summed E-state index contributed by atoms with van der Waals surface area (Å²) in [4.78, 5) is 23.3. The summed E-state index contributed by atoms with van der Waals surface area (Å²) in [6.07, 6.45) is 0.0636. The highest BCUT2D eigenvalue weighted by molar-refractivity contribution is 5.73. The Morgan fingerprint density at radius 3 is 2.64 bits per heavy atom. The van der Waals surface area contributed by atoms with Crippen LogP contribution < -0.4 is 5.32 Å². The molecule has 1 rings (SSSR count). The minimum Gasteiger partial charge on any atom is -0.481 e. The van der Waals surface area contributed by atoms with Crippen LogP contribution in [0.3, 0.4) is 0 Å². The second-order valence-electron chi connectivity index (χ2n) is 3.79. The maximum atomic E-state index is 11.1. The molecule has 0 aromatic rings. The van der Waals surface area contributed by atoms with Crippen molar-refractivity contribution in [1.29, 1.82) is 0 Å². The third-order valence-corrected chi connectivity index (χ3v) is 2.32. The van der Waals surface area contributed by atoms with Crippen molar-refractivity contribution >= 4 is 11.9 Å². The predicted octanol–water partition coefficient (Wildman–Crippen LogP) is -0.330. The van der Waals surface area contributed by atoms with Crippen molar-refractivity contribution < 1.29 is 14.7 Å². The Kier molecular flexibility index (Phi) is 3.46. The topological polar surface area (TPSA) is 69.6 Å². The number of carbonyl (C=O) groups excluding carboxylic acids is 1. The highest BCUT2D eigenvalue weighted by atomic mass is 16.4. The average molecular weight is 200 g/mol. The van der Waals surface area contributed by atoms with Crippen LogP contribution in [0, 0.1) is 0 Å². The van der Waals surface area contributed by atoms with Gasteiger partial charge in [-0.25, -0.2) is 0 Å².